The Bertz CT molecular complexity index is 601. The third kappa shape index (κ3) is 3.94. The van der Waals surface area contributed by atoms with Crippen molar-refractivity contribution < 1.29 is 15.2 Å². The van der Waals surface area contributed by atoms with Crippen molar-refractivity contribution in [3.8, 4) is 0 Å². The van der Waals surface area contributed by atoms with Gasteiger partial charge in [-0.3, -0.25) is 4.57 Å². The molecule has 0 aliphatic carbocycles. The topological polar surface area (TPSA) is 64.9 Å². The van der Waals surface area contributed by atoms with Crippen LogP contribution in [0.4, 0.5) is 0 Å². The fourth-order valence-electron chi connectivity index (χ4n) is 2.01. The average molecular weight is 311 g/mol. The number of halogens is 1. The molecule has 106 valence electrons. The van der Waals surface area contributed by atoms with Crippen molar-refractivity contribution in [3.05, 3.63) is 70.7 Å². The zero-order valence-corrected chi connectivity index (χ0v) is 12.7. The highest BCUT2D eigenvalue weighted by atomic mass is 35.5. The largest absolute Gasteiger partial charge is 0.343 e. The molecule has 0 heterocycles. The molecule has 0 amide bonds. The third-order valence-electron chi connectivity index (χ3n) is 3.31. The van der Waals surface area contributed by atoms with Crippen LogP contribution in [-0.4, -0.2) is 11.1 Å². The van der Waals surface area contributed by atoms with Crippen LogP contribution < -0.4 is 5.73 Å². The van der Waals surface area contributed by atoms with Crippen molar-refractivity contribution in [2.45, 2.75) is 12.2 Å². The zero-order chi connectivity index (χ0) is 14.6. The summed E-state index contributed by atoms with van der Waals surface area (Å²) in [5, 5.41) is 0.609. The molecule has 2 aromatic rings. The van der Waals surface area contributed by atoms with Crippen LogP contribution in [0.5, 0.6) is 0 Å². The van der Waals surface area contributed by atoms with Crippen LogP contribution in [0, 0.1) is 0 Å². The Hall–Kier alpha value is -1.12. The average Bonchev–Trinajstić information content (AvgIpc) is 2.46. The highest BCUT2D eigenvalue weighted by Crippen LogP contribution is 2.51. The predicted molar refractivity (Wildman–Crippen MR) is 81.9 cm³/mol. The Labute approximate surface area is 123 Å². The lowest BCUT2D eigenvalue weighted by atomic mass is 10.2. The number of aryl methyl sites for hydroxylation is 1. The second-order valence-corrected chi connectivity index (χ2v) is 7.80. The summed E-state index contributed by atoms with van der Waals surface area (Å²) < 4.78 is 12.4. The normalized spacial score (nSPS) is 15.6. The molecule has 0 saturated carbocycles. The maximum Gasteiger partial charge on any atom is 0.261 e. The molecule has 0 aliphatic heterocycles. The molecule has 0 aromatic heterocycles. The molecule has 0 saturated heterocycles. The number of hydrogen-bond donors (Lipinski definition) is 2. The lowest BCUT2D eigenvalue weighted by molar-refractivity contribution is -0.397. The molecular formula is C15H18ClNO2P+. The molecule has 0 radical (unpaired) electrons. The summed E-state index contributed by atoms with van der Waals surface area (Å²) >= 11 is 5.82. The van der Waals surface area contributed by atoms with Gasteiger partial charge in [-0.2, -0.15) is 0 Å². The first kappa shape index (κ1) is 15.3. The molecule has 0 fully saturated rings. The summed E-state index contributed by atoms with van der Waals surface area (Å²) in [4.78, 5) is 10.2. The smallest absolute Gasteiger partial charge is 0.261 e. The van der Waals surface area contributed by atoms with E-state index in [0.717, 1.165) is 11.1 Å². The van der Waals surface area contributed by atoms with Gasteiger partial charge in [0.1, 0.15) is 0 Å². The van der Waals surface area contributed by atoms with Crippen LogP contribution >= 0.6 is 19.0 Å². The van der Waals surface area contributed by atoms with Gasteiger partial charge in [-0.25, -0.2) is 0 Å². The van der Waals surface area contributed by atoms with Crippen LogP contribution in [0.2, 0.25) is 5.02 Å². The van der Waals surface area contributed by atoms with Gasteiger partial charge in [0.2, 0.25) is 0 Å². The number of hydrogen-bond acceptors (Lipinski definition) is 1. The minimum absolute atomic E-state index is 0.230. The first-order valence-corrected chi connectivity index (χ1v) is 8.72. The molecule has 4 N–H and O–H groups in total. The first-order valence-electron chi connectivity index (χ1n) is 6.43. The Kier molecular flexibility index (Phi) is 5.00. The highest BCUT2D eigenvalue weighted by molar-refractivity contribution is 7.58. The van der Waals surface area contributed by atoms with Gasteiger partial charge in [0.15, 0.2) is 5.78 Å². The van der Waals surface area contributed by atoms with Crippen LogP contribution in [0.25, 0.3) is 0 Å². The van der Waals surface area contributed by atoms with E-state index >= 15 is 0 Å². The fraction of sp³-hybridized carbons (Fsp3) is 0.200. The van der Waals surface area contributed by atoms with Crippen LogP contribution in [0.3, 0.4) is 0 Å². The van der Waals surface area contributed by atoms with E-state index in [-0.39, 0.29) is 6.16 Å². The fourth-order valence-corrected chi connectivity index (χ4v) is 3.66. The van der Waals surface area contributed by atoms with Gasteiger partial charge in [-0.1, -0.05) is 54.1 Å². The van der Waals surface area contributed by atoms with Gasteiger partial charge in [-0.05, 0) is 24.1 Å². The molecule has 1 unspecified atom stereocenters. The predicted octanol–water partition coefficient (Wildman–Crippen LogP) is 3.09. The summed E-state index contributed by atoms with van der Waals surface area (Å²) in [5.41, 5.74) is 5.67. The lowest BCUT2D eigenvalue weighted by Crippen LogP contribution is -2.53. The van der Waals surface area contributed by atoms with Gasteiger partial charge in [0, 0.05) is 16.7 Å². The maximum absolute atomic E-state index is 12.4. The summed E-state index contributed by atoms with van der Waals surface area (Å²) in [6.45, 7) is 0. The van der Waals surface area contributed by atoms with Crippen LogP contribution in [0.1, 0.15) is 16.9 Å². The maximum atomic E-state index is 12.4. The minimum atomic E-state index is -3.34. The van der Waals surface area contributed by atoms with Gasteiger partial charge < -0.3 is 10.6 Å². The molecule has 0 aliphatic rings. The van der Waals surface area contributed by atoms with E-state index < -0.39 is 13.2 Å². The summed E-state index contributed by atoms with van der Waals surface area (Å²) in [6.07, 6.45) is 0.808. The lowest BCUT2D eigenvalue weighted by Gasteiger charge is -2.16. The molecule has 20 heavy (non-hydrogen) atoms. The van der Waals surface area contributed by atoms with E-state index in [1.165, 1.54) is 0 Å². The van der Waals surface area contributed by atoms with E-state index in [9.17, 15) is 9.46 Å². The Morgan fingerprint density at radius 1 is 1.10 bits per heavy atom. The molecular weight excluding hydrogens is 293 g/mol. The molecule has 2 atom stereocenters. The second-order valence-electron chi connectivity index (χ2n) is 4.78. The summed E-state index contributed by atoms with van der Waals surface area (Å²) in [6, 6.07) is 16.6. The summed E-state index contributed by atoms with van der Waals surface area (Å²) in [5.74, 6) is -0.622. The van der Waals surface area contributed by atoms with Gasteiger partial charge in [0.05, 0.1) is 0 Å². The van der Waals surface area contributed by atoms with Crippen molar-refractivity contribution >= 4 is 19.0 Å². The Balaban J connectivity index is 2.06. The molecule has 0 spiro atoms. The van der Waals surface area contributed by atoms with E-state index in [2.05, 4.69) is 5.73 Å². The summed E-state index contributed by atoms with van der Waals surface area (Å²) in [7, 11) is -3.34. The number of quaternary nitrogens is 1. The second kappa shape index (κ2) is 6.55. The molecule has 3 nitrogen and oxygen atoms in total. The highest BCUT2D eigenvalue weighted by Gasteiger charge is 2.32. The SMILES string of the molecule is [NH3+][C@H](c1ccc(Cl)cc1)P(=O)(O)CCc1ccccc1. The van der Waals surface area contributed by atoms with Crippen molar-refractivity contribution in [2.24, 2.45) is 0 Å². The van der Waals surface area contributed by atoms with Crippen LogP contribution in [-0.2, 0) is 11.0 Å². The van der Waals surface area contributed by atoms with Crippen molar-refractivity contribution in [1.82, 2.24) is 0 Å². The molecule has 5 heteroatoms. The molecule has 2 rings (SSSR count). The van der Waals surface area contributed by atoms with E-state index in [1.54, 1.807) is 24.3 Å². The quantitative estimate of drug-likeness (QED) is 0.833. The number of benzene rings is 2. The van der Waals surface area contributed by atoms with Gasteiger partial charge in [-0.15, -0.1) is 0 Å². The standard InChI is InChI=1S/C15H17ClNO2P/c16-14-8-6-13(7-9-14)15(17)20(18,19)11-10-12-4-2-1-3-5-12/h1-9,15H,10-11,17H2,(H,18,19)/p+1/t15-/m0/s1. The number of rotatable bonds is 5. The zero-order valence-electron chi connectivity index (χ0n) is 11.1. The minimum Gasteiger partial charge on any atom is -0.343 e. The third-order valence-corrected chi connectivity index (χ3v) is 5.69. The first-order chi connectivity index (χ1) is 9.49. The van der Waals surface area contributed by atoms with E-state index in [4.69, 9.17) is 11.6 Å². The van der Waals surface area contributed by atoms with Crippen molar-refractivity contribution in [3.63, 3.8) is 0 Å². The monoisotopic (exact) mass is 310 g/mol. The van der Waals surface area contributed by atoms with Gasteiger partial charge >= 0.3 is 0 Å². The Morgan fingerprint density at radius 3 is 2.30 bits per heavy atom. The molecule has 2 aromatic carbocycles. The van der Waals surface area contributed by atoms with E-state index in [1.807, 2.05) is 30.3 Å². The Morgan fingerprint density at radius 2 is 1.70 bits per heavy atom. The van der Waals surface area contributed by atoms with Crippen molar-refractivity contribution in [2.75, 3.05) is 6.16 Å². The van der Waals surface area contributed by atoms with Crippen molar-refractivity contribution in [1.29, 1.82) is 0 Å². The van der Waals surface area contributed by atoms with Crippen LogP contribution in [0.15, 0.2) is 54.6 Å². The van der Waals surface area contributed by atoms with E-state index in [0.29, 0.717) is 11.4 Å². The van der Waals surface area contributed by atoms with Gasteiger partial charge in [0.25, 0.3) is 7.37 Å². The molecule has 0 bridgehead atoms.